The number of halogens is 1. The first-order chi connectivity index (χ1) is 16.0. The van der Waals surface area contributed by atoms with Crippen molar-refractivity contribution in [2.24, 2.45) is 0 Å². The van der Waals surface area contributed by atoms with Gasteiger partial charge in [-0.1, -0.05) is 17.3 Å². The second-order valence-electron chi connectivity index (χ2n) is 7.84. The highest BCUT2D eigenvalue weighted by atomic mass is 32.2. The highest BCUT2D eigenvalue weighted by Gasteiger charge is 2.25. The van der Waals surface area contributed by atoms with Crippen LogP contribution >= 0.6 is 11.8 Å². The molecule has 1 N–H and O–H groups in total. The summed E-state index contributed by atoms with van der Waals surface area (Å²) < 4.78 is 18.3. The van der Waals surface area contributed by atoms with Crippen molar-refractivity contribution in [1.82, 2.24) is 15.0 Å². The van der Waals surface area contributed by atoms with Crippen molar-refractivity contribution >= 4 is 29.3 Å². The average Bonchev–Trinajstić information content (AvgIpc) is 3.24. The summed E-state index contributed by atoms with van der Waals surface area (Å²) in [5, 5.41) is 6.67. The SMILES string of the molecule is Cc1cc(CSc2ccccc2C(=O)N2CCN(CC(=O)Nc3ccc(F)cc3)CC2)on1. The Hall–Kier alpha value is -3.17. The Morgan fingerprint density at radius 3 is 2.52 bits per heavy atom. The van der Waals surface area contributed by atoms with E-state index in [1.165, 1.54) is 24.3 Å². The minimum absolute atomic E-state index is 0.0118. The maximum atomic E-state index is 13.2. The smallest absolute Gasteiger partial charge is 0.255 e. The lowest BCUT2D eigenvalue weighted by atomic mass is 10.2. The fourth-order valence-electron chi connectivity index (χ4n) is 3.62. The van der Waals surface area contributed by atoms with Gasteiger partial charge in [0.05, 0.1) is 23.6 Å². The monoisotopic (exact) mass is 468 g/mol. The Balaban J connectivity index is 1.29. The molecule has 4 rings (SSSR count). The van der Waals surface area contributed by atoms with E-state index in [-0.39, 0.29) is 24.2 Å². The molecular formula is C24H25FN4O3S. The third kappa shape index (κ3) is 6.21. The van der Waals surface area contributed by atoms with Crippen molar-refractivity contribution in [2.75, 3.05) is 38.0 Å². The fraction of sp³-hybridized carbons (Fsp3) is 0.292. The van der Waals surface area contributed by atoms with Crippen molar-refractivity contribution in [3.63, 3.8) is 0 Å². The van der Waals surface area contributed by atoms with Gasteiger partial charge in [-0.3, -0.25) is 14.5 Å². The zero-order chi connectivity index (χ0) is 23.2. The van der Waals surface area contributed by atoms with E-state index < -0.39 is 0 Å². The van der Waals surface area contributed by atoms with Gasteiger partial charge in [-0.15, -0.1) is 11.8 Å². The van der Waals surface area contributed by atoms with E-state index in [0.29, 0.717) is 43.2 Å². The lowest BCUT2D eigenvalue weighted by Crippen LogP contribution is -2.50. The summed E-state index contributed by atoms with van der Waals surface area (Å²) in [6.07, 6.45) is 0. The molecule has 3 aromatic rings. The van der Waals surface area contributed by atoms with E-state index in [2.05, 4.69) is 10.5 Å². The van der Waals surface area contributed by atoms with Gasteiger partial charge in [0.2, 0.25) is 5.91 Å². The number of carbonyl (C=O) groups excluding carboxylic acids is 2. The fourth-order valence-corrected chi connectivity index (χ4v) is 4.54. The number of nitrogens with zero attached hydrogens (tertiary/aromatic N) is 3. The number of aromatic nitrogens is 1. The molecule has 0 unspecified atom stereocenters. The Bertz CT molecular complexity index is 1110. The van der Waals surface area contributed by atoms with E-state index >= 15 is 0 Å². The molecule has 0 bridgehead atoms. The molecule has 33 heavy (non-hydrogen) atoms. The first-order valence-electron chi connectivity index (χ1n) is 10.7. The number of amides is 2. The minimum atomic E-state index is -0.346. The number of carbonyl (C=O) groups is 2. The zero-order valence-corrected chi connectivity index (χ0v) is 19.1. The number of aryl methyl sites for hydroxylation is 1. The first kappa shape index (κ1) is 23.0. The summed E-state index contributed by atoms with van der Waals surface area (Å²) in [5.41, 5.74) is 2.06. The van der Waals surface area contributed by atoms with Gasteiger partial charge in [-0.2, -0.15) is 0 Å². The van der Waals surface area contributed by atoms with Gasteiger partial charge in [0, 0.05) is 42.8 Å². The molecule has 2 heterocycles. The standard InChI is InChI=1S/C24H25FN4O3S/c1-17-14-20(32-27-17)16-33-22-5-3-2-4-21(22)24(31)29-12-10-28(11-13-29)15-23(30)26-19-8-6-18(25)7-9-19/h2-9,14H,10-13,15-16H2,1H3,(H,26,30). The molecule has 1 saturated heterocycles. The molecule has 1 aliphatic rings. The van der Waals surface area contributed by atoms with Gasteiger partial charge in [-0.05, 0) is 43.3 Å². The number of thioether (sulfide) groups is 1. The Labute approximate surface area is 195 Å². The number of hydrogen-bond acceptors (Lipinski definition) is 6. The van der Waals surface area contributed by atoms with Gasteiger partial charge in [0.15, 0.2) is 0 Å². The van der Waals surface area contributed by atoms with E-state index in [1.54, 1.807) is 11.8 Å². The van der Waals surface area contributed by atoms with Crippen LogP contribution in [0.4, 0.5) is 10.1 Å². The molecule has 1 fully saturated rings. The first-order valence-corrected chi connectivity index (χ1v) is 11.7. The molecule has 9 heteroatoms. The second kappa shape index (κ2) is 10.6. The molecule has 0 radical (unpaired) electrons. The largest absolute Gasteiger partial charge is 0.360 e. The van der Waals surface area contributed by atoms with Gasteiger partial charge in [0.1, 0.15) is 11.6 Å². The van der Waals surface area contributed by atoms with E-state index in [1.807, 2.05) is 47.1 Å². The normalized spacial score (nSPS) is 14.3. The average molecular weight is 469 g/mol. The van der Waals surface area contributed by atoms with Crippen LogP contribution in [0.3, 0.4) is 0 Å². The van der Waals surface area contributed by atoms with Crippen LogP contribution in [0, 0.1) is 12.7 Å². The molecule has 0 spiro atoms. The Kier molecular flexibility index (Phi) is 7.41. The number of nitrogens with one attached hydrogen (secondary N) is 1. The summed E-state index contributed by atoms with van der Waals surface area (Å²) in [6.45, 7) is 4.40. The second-order valence-corrected chi connectivity index (χ2v) is 8.86. The van der Waals surface area contributed by atoms with Crippen LogP contribution in [0.25, 0.3) is 0 Å². The highest BCUT2D eigenvalue weighted by molar-refractivity contribution is 7.98. The van der Waals surface area contributed by atoms with Gasteiger partial charge >= 0.3 is 0 Å². The highest BCUT2D eigenvalue weighted by Crippen LogP contribution is 2.27. The van der Waals surface area contributed by atoms with Crippen LogP contribution < -0.4 is 5.32 Å². The molecule has 0 saturated carbocycles. The molecule has 0 aliphatic carbocycles. The summed E-state index contributed by atoms with van der Waals surface area (Å²) in [7, 11) is 0. The lowest BCUT2D eigenvalue weighted by Gasteiger charge is -2.34. The number of hydrogen-bond donors (Lipinski definition) is 1. The van der Waals surface area contributed by atoms with Crippen LogP contribution in [0.2, 0.25) is 0 Å². The van der Waals surface area contributed by atoms with Crippen molar-refractivity contribution < 1.29 is 18.5 Å². The number of piperazine rings is 1. The number of rotatable bonds is 7. The van der Waals surface area contributed by atoms with Gasteiger partial charge in [0.25, 0.3) is 5.91 Å². The predicted octanol–water partition coefficient (Wildman–Crippen LogP) is 3.81. The molecular weight excluding hydrogens is 443 g/mol. The summed E-state index contributed by atoms with van der Waals surface area (Å²) >= 11 is 1.55. The van der Waals surface area contributed by atoms with Crippen molar-refractivity contribution in [3.05, 3.63) is 77.4 Å². The summed E-state index contributed by atoms with van der Waals surface area (Å²) in [5.74, 6) is 0.851. The number of anilines is 1. The van der Waals surface area contributed by atoms with E-state index in [4.69, 9.17) is 4.52 Å². The lowest BCUT2D eigenvalue weighted by molar-refractivity contribution is -0.117. The third-order valence-electron chi connectivity index (χ3n) is 5.32. The van der Waals surface area contributed by atoms with Crippen LogP contribution in [0.5, 0.6) is 0 Å². The Morgan fingerprint density at radius 2 is 1.82 bits per heavy atom. The maximum Gasteiger partial charge on any atom is 0.255 e. The molecule has 2 aromatic carbocycles. The van der Waals surface area contributed by atoms with Crippen LogP contribution in [-0.2, 0) is 10.5 Å². The van der Waals surface area contributed by atoms with E-state index in [9.17, 15) is 14.0 Å². The van der Waals surface area contributed by atoms with Gasteiger partial charge in [-0.25, -0.2) is 4.39 Å². The summed E-state index contributed by atoms with van der Waals surface area (Å²) in [6, 6.07) is 15.1. The third-order valence-corrected chi connectivity index (χ3v) is 6.41. The molecule has 7 nitrogen and oxygen atoms in total. The topological polar surface area (TPSA) is 78.7 Å². The molecule has 1 aliphatic heterocycles. The molecule has 1 aromatic heterocycles. The van der Waals surface area contributed by atoms with Gasteiger partial charge < -0.3 is 14.7 Å². The minimum Gasteiger partial charge on any atom is -0.360 e. The molecule has 0 atom stereocenters. The summed E-state index contributed by atoms with van der Waals surface area (Å²) in [4.78, 5) is 30.2. The molecule has 2 amide bonds. The zero-order valence-electron chi connectivity index (χ0n) is 18.3. The van der Waals surface area contributed by atoms with Crippen molar-refractivity contribution in [3.8, 4) is 0 Å². The van der Waals surface area contributed by atoms with Crippen molar-refractivity contribution in [2.45, 2.75) is 17.6 Å². The van der Waals surface area contributed by atoms with Crippen LogP contribution in [-0.4, -0.2) is 59.5 Å². The van der Waals surface area contributed by atoms with Crippen molar-refractivity contribution in [1.29, 1.82) is 0 Å². The van der Waals surface area contributed by atoms with E-state index in [0.717, 1.165) is 16.3 Å². The Morgan fingerprint density at radius 1 is 1.09 bits per heavy atom. The predicted molar refractivity (Wildman–Crippen MR) is 125 cm³/mol. The number of benzene rings is 2. The molecule has 172 valence electrons. The quantitative estimate of drug-likeness (QED) is 0.532. The van der Waals surface area contributed by atoms with Crippen LogP contribution in [0.15, 0.2) is 64.0 Å². The maximum absolute atomic E-state index is 13.2. The van der Waals surface area contributed by atoms with Crippen LogP contribution in [0.1, 0.15) is 21.8 Å².